The van der Waals surface area contributed by atoms with Gasteiger partial charge in [0, 0.05) is 11.3 Å². The van der Waals surface area contributed by atoms with Gasteiger partial charge in [-0.15, -0.1) is 0 Å². The van der Waals surface area contributed by atoms with Gasteiger partial charge < -0.3 is 4.43 Å². The Morgan fingerprint density at radius 2 is 1.29 bits per heavy atom. The molecule has 0 N–H and O–H groups in total. The van der Waals surface area contributed by atoms with Gasteiger partial charge in [-0.25, -0.2) is 4.39 Å². The highest BCUT2D eigenvalue weighted by atomic mass is 28.4. The number of benzene rings is 4. The van der Waals surface area contributed by atoms with Gasteiger partial charge in [-0.3, -0.25) is 4.98 Å². The third kappa shape index (κ3) is 7.77. The van der Waals surface area contributed by atoms with Gasteiger partial charge in [0.2, 0.25) is 0 Å². The lowest BCUT2D eigenvalue weighted by Crippen LogP contribution is -2.66. The predicted octanol–water partition coefficient (Wildman–Crippen LogP) is 11.0. The third-order valence-electron chi connectivity index (χ3n) is 9.26. The predicted molar refractivity (Wildman–Crippen MR) is 205 cm³/mol. The molecule has 0 saturated heterocycles. The number of nitrogens with zero attached hydrogens (tertiary/aromatic N) is 1. The number of rotatable bonds is 13. The first-order valence-electron chi connectivity index (χ1n) is 17.5. The average molecular weight is 656 g/mol. The topological polar surface area (TPSA) is 22.1 Å². The molecular weight excluding hydrogens is 606 g/mol. The Kier molecular flexibility index (Phi) is 11.6. The van der Waals surface area contributed by atoms with Crippen molar-refractivity contribution in [3.8, 4) is 11.1 Å². The van der Waals surface area contributed by atoms with E-state index in [2.05, 4.69) is 139 Å². The zero-order valence-electron chi connectivity index (χ0n) is 29.5. The molecule has 248 valence electrons. The van der Waals surface area contributed by atoms with Crippen molar-refractivity contribution in [2.45, 2.75) is 84.8 Å². The number of halogens is 1. The quantitative estimate of drug-likeness (QED) is 0.0930. The van der Waals surface area contributed by atoms with Gasteiger partial charge >= 0.3 is 0 Å². The van der Waals surface area contributed by atoms with E-state index in [1.165, 1.54) is 15.9 Å². The average Bonchev–Trinajstić information content (AvgIpc) is 3.09. The summed E-state index contributed by atoms with van der Waals surface area (Å²) in [6.07, 6.45) is 8.51. The smallest absolute Gasteiger partial charge is 0.261 e. The standard InChI is InChI=1S/C44H50FNOSi/c1-7-8-12-25-39-41(31-26-34-19-13-9-14-20-34)46-43(33(2)3)40(42(39)35-27-29-36(45)30-28-35)32-47-48(44(4,5)6,37-21-15-10-16-22-37)38-23-17-11-18-24-38/h9-11,13-24,26-31,33H,7-8,12,25,32H2,1-6H3. The second-order valence-corrected chi connectivity index (χ2v) is 18.3. The number of pyridine rings is 1. The van der Waals surface area contributed by atoms with Crippen molar-refractivity contribution < 1.29 is 8.82 Å². The molecule has 0 aliphatic carbocycles. The molecule has 0 unspecified atom stereocenters. The molecule has 0 fully saturated rings. The van der Waals surface area contributed by atoms with Crippen LogP contribution in [0.25, 0.3) is 23.3 Å². The minimum absolute atomic E-state index is 0.149. The molecule has 0 amide bonds. The molecule has 5 rings (SSSR count). The Morgan fingerprint density at radius 3 is 1.81 bits per heavy atom. The van der Waals surface area contributed by atoms with Crippen LogP contribution in [-0.4, -0.2) is 13.3 Å². The molecule has 48 heavy (non-hydrogen) atoms. The minimum atomic E-state index is -2.85. The van der Waals surface area contributed by atoms with E-state index in [-0.39, 0.29) is 16.8 Å². The van der Waals surface area contributed by atoms with Crippen molar-refractivity contribution in [3.05, 3.63) is 149 Å². The van der Waals surface area contributed by atoms with Crippen molar-refractivity contribution in [1.82, 2.24) is 4.98 Å². The van der Waals surface area contributed by atoms with E-state index in [1.807, 2.05) is 18.2 Å². The van der Waals surface area contributed by atoms with E-state index in [9.17, 15) is 4.39 Å². The summed E-state index contributed by atoms with van der Waals surface area (Å²) in [5.74, 6) is -0.0887. The first kappa shape index (κ1) is 35.2. The molecule has 4 aromatic carbocycles. The van der Waals surface area contributed by atoms with E-state index >= 15 is 0 Å². The molecule has 0 spiro atoms. The summed E-state index contributed by atoms with van der Waals surface area (Å²) < 4.78 is 22.0. The maximum absolute atomic E-state index is 14.4. The van der Waals surface area contributed by atoms with E-state index < -0.39 is 8.32 Å². The van der Waals surface area contributed by atoms with Crippen LogP contribution in [0.5, 0.6) is 0 Å². The van der Waals surface area contributed by atoms with Crippen molar-refractivity contribution in [2.75, 3.05) is 0 Å². The largest absolute Gasteiger partial charge is 0.403 e. The Balaban J connectivity index is 1.77. The lowest BCUT2D eigenvalue weighted by molar-refractivity contribution is 0.284. The lowest BCUT2D eigenvalue weighted by atomic mass is 9.87. The summed E-state index contributed by atoms with van der Waals surface area (Å²) in [6.45, 7) is 14.0. The molecule has 2 nitrogen and oxygen atoms in total. The highest BCUT2D eigenvalue weighted by Crippen LogP contribution is 2.41. The number of unbranched alkanes of at least 4 members (excludes halogenated alkanes) is 2. The van der Waals surface area contributed by atoms with Gasteiger partial charge in [0.05, 0.1) is 12.3 Å². The van der Waals surface area contributed by atoms with Crippen LogP contribution in [0.3, 0.4) is 0 Å². The second-order valence-electron chi connectivity index (χ2n) is 14.0. The highest BCUT2D eigenvalue weighted by Gasteiger charge is 2.50. The van der Waals surface area contributed by atoms with Crippen LogP contribution in [0.15, 0.2) is 115 Å². The SMILES string of the molecule is CCCCCc1c(C=Cc2ccccc2)nc(C(C)C)c(CO[Si](c2ccccc2)(c2ccccc2)C(C)(C)C)c1-c1ccc(F)cc1. The summed E-state index contributed by atoms with van der Waals surface area (Å²) in [7, 11) is -2.85. The second kappa shape index (κ2) is 15.8. The zero-order chi connectivity index (χ0) is 34.1. The maximum Gasteiger partial charge on any atom is 0.261 e. The van der Waals surface area contributed by atoms with Crippen LogP contribution in [0.2, 0.25) is 5.04 Å². The van der Waals surface area contributed by atoms with Crippen LogP contribution in [0.4, 0.5) is 4.39 Å². The summed E-state index contributed by atoms with van der Waals surface area (Å²) >= 11 is 0. The molecule has 0 radical (unpaired) electrons. The van der Waals surface area contributed by atoms with Gasteiger partial charge in [0.25, 0.3) is 8.32 Å². The molecule has 0 atom stereocenters. The van der Waals surface area contributed by atoms with Gasteiger partial charge in [0.15, 0.2) is 0 Å². The molecular formula is C44H50FNOSi. The van der Waals surface area contributed by atoms with Crippen molar-refractivity contribution in [1.29, 1.82) is 0 Å². The first-order valence-corrected chi connectivity index (χ1v) is 19.4. The summed E-state index contributed by atoms with van der Waals surface area (Å²) in [6, 6.07) is 39.0. The third-order valence-corrected chi connectivity index (χ3v) is 14.2. The van der Waals surface area contributed by atoms with Crippen LogP contribution in [0, 0.1) is 5.82 Å². The maximum atomic E-state index is 14.4. The monoisotopic (exact) mass is 655 g/mol. The Hall–Kier alpha value is -4.12. The fraction of sp³-hybridized carbons (Fsp3) is 0.295. The number of aromatic nitrogens is 1. The molecule has 0 aliphatic rings. The summed E-state index contributed by atoms with van der Waals surface area (Å²) in [5.41, 5.74) is 7.58. The molecule has 1 heterocycles. The molecule has 1 aromatic heterocycles. The molecule has 0 aliphatic heterocycles. The highest BCUT2D eigenvalue weighted by molar-refractivity contribution is 6.99. The van der Waals surface area contributed by atoms with Gasteiger partial charge in [-0.05, 0) is 74.6 Å². The number of hydrogen-bond acceptors (Lipinski definition) is 2. The van der Waals surface area contributed by atoms with E-state index in [1.54, 1.807) is 12.1 Å². The first-order chi connectivity index (χ1) is 23.2. The van der Waals surface area contributed by atoms with Crippen molar-refractivity contribution in [2.24, 2.45) is 0 Å². The van der Waals surface area contributed by atoms with Crippen LogP contribution in [0.1, 0.15) is 94.8 Å². The van der Waals surface area contributed by atoms with Gasteiger partial charge in [-0.1, -0.05) is 164 Å². The summed E-state index contributed by atoms with van der Waals surface area (Å²) in [4.78, 5) is 5.45. The van der Waals surface area contributed by atoms with Crippen molar-refractivity contribution in [3.63, 3.8) is 0 Å². The van der Waals surface area contributed by atoms with Gasteiger partial charge in [-0.2, -0.15) is 0 Å². The van der Waals surface area contributed by atoms with Crippen LogP contribution in [-0.2, 0) is 17.5 Å². The minimum Gasteiger partial charge on any atom is -0.403 e. The van der Waals surface area contributed by atoms with Crippen LogP contribution >= 0.6 is 0 Å². The normalized spacial score (nSPS) is 12.2. The molecule has 4 heteroatoms. The Labute approximate surface area is 288 Å². The van der Waals surface area contributed by atoms with E-state index in [0.717, 1.165) is 59.3 Å². The molecule has 5 aromatic rings. The lowest BCUT2D eigenvalue weighted by Gasteiger charge is -2.43. The van der Waals surface area contributed by atoms with Crippen molar-refractivity contribution >= 4 is 30.8 Å². The van der Waals surface area contributed by atoms with E-state index in [0.29, 0.717) is 6.61 Å². The zero-order valence-corrected chi connectivity index (χ0v) is 30.5. The molecule has 0 saturated carbocycles. The Bertz CT molecular complexity index is 1740. The number of hydrogen-bond donors (Lipinski definition) is 0. The van der Waals surface area contributed by atoms with E-state index in [4.69, 9.17) is 9.41 Å². The fourth-order valence-corrected chi connectivity index (χ4v) is 11.4. The summed E-state index contributed by atoms with van der Waals surface area (Å²) in [5, 5.41) is 2.33. The van der Waals surface area contributed by atoms with Crippen LogP contribution < -0.4 is 10.4 Å². The van der Waals surface area contributed by atoms with Gasteiger partial charge in [0.1, 0.15) is 5.82 Å². The fourth-order valence-electron chi connectivity index (χ4n) is 6.92. The molecule has 0 bridgehead atoms. The Morgan fingerprint density at radius 1 is 0.729 bits per heavy atom.